The van der Waals surface area contributed by atoms with E-state index in [1.165, 1.54) is 24.5 Å². The van der Waals surface area contributed by atoms with Crippen LogP contribution in [0, 0.1) is 0 Å². The normalized spacial score (nSPS) is 10.9. The van der Waals surface area contributed by atoms with Crippen LogP contribution in [0.2, 0.25) is 0 Å². The van der Waals surface area contributed by atoms with Gasteiger partial charge in [0.1, 0.15) is 0 Å². The van der Waals surface area contributed by atoms with E-state index in [4.69, 9.17) is 4.74 Å². The number of benzene rings is 2. The maximum Gasteiger partial charge on any atom is 0.337 e. The molecule has 0 fully saturated rings. The number of rotatable bonds is 4. The highest BCUT2D eigenvalue weighted by Gasteiger charge is 2.10. The van der Waals surface area contributed by atoms with Crippen LogP contribution in [-0.2, 0) is 9.53 Å². The number of anilines is 1. The fraction of sp³-hybridized carbons (Fsp3) is 0.0556. The Morgan fingerprint density at radius 2 is 1.96 bits per heavy atom. The summed E-state index contributed by atoms with van der Waals surface area (Å²) in [6.45, 7) is 0. The zero-order valence-corrected chi connectivity index (χ0v) is 13.7. The third kappa shape index (κ3) is 3.67. The lowest BCUT2D eigenvalue weighted by molar-refractivity contribution is -0.111. The number of nitrogens with zero attached hydrogens (tertiary/aromatic N) is 1. The topological polar surface area (TPSA) is 68.3 Å². The molecule has 3 aromatic rings. The number of carbonyl (C=O) groups is 2. The maximum absolute atomic E-state index is 12.0. The molecule has 0 aliphatic rings. The van der Waals surface area contributed by atoms with Crippen molar-refractivity contribution in [3.05, 3.63) is 65.7 Å². The van der Waals surface area contributed by atoms with Crippen LogP contribution in [0.15, 0.2) is 54.6 Å². The second-order valence-corrected chi connectivity index (χ2v) is 5.96. The second-order valence-electron chi connectivity index (χ2n) is 4.93. The molecule has 0 aliphatic heterocycles. The zero-order valence-electron chi connectivity index (χ0n) is 12.9. The molecular weight excluding hydrogens is 324 g/mol. The van der Waals surface area contributed by atoms with Crippen molar-refractivity contribution >= 4 is 44.6 Å². The zero-order chi connectivity index (χ0) is 16.9. The van der Waals surface area contributed by atoms with E-state index >= 15 is 0 Å². The van der Waals surface area contributed by atoms with Gasteiger partial charge < -0.3 is 4.74 Å². The summed E-state index contributed by atoms with van der Waals surface area (Å²) in [5.74, 6) is -0.659. The van der Waals surface area contributed by atoms with Gasteiger partial charge in [-0.3, -0.25) is 10.1 Å². The molecule has 0 radical (unpaired) electrons. The predicted molar refractivity (Wildman–Crippen MR) is 95.1 cm³/mol. The molecule has 0 saturated heterocycles. The van der Waals surface area contributed by atoms with Crippen LogP contribution < -0.4 is 5.32 Å². The Hall–Kier alpha value is -2.99. The number of ether oxygens (including phenoxy) is 1. The smallest absolute Gasteiger partial charge is 0.337 e. The number of hydrogen-bond acceptors (Lipinski definition) is 5. The molecule has 1 N–H and O–H groups in total. The molecule has 3 rings (SSSR count). The average Bonchev–Trinajstić information content (AvgIpc) is 3.01. The quantitative estimate of drug-likeness (QED) is 0.581. The van der Waals surface area contributed by atoms with E-state index in [0.29, 0.717) is 10.7 Å². The summed E-state index contributed by atoms with van der Waals surface area (Å²) in [6.07, 6.45) is 3.19. The van der Waals surface area contributed by atoms with Gasteiger partial charge in [-0.15, -0.1) is 0 Å². The lowest BCUT2D eigenvalue weighted by Gasteiger charge is -1.97. The van der Waals surface area contributed by atoms with Crippen molar-refractivity contribution in [3.8, 4) is 0 Å². The first-order chi connectivity index (χ1) is 11.7. The highest BCUT2D eigenvalue weighted by atomic mass is 32.1. The molecule has 0 unspecified atom stereocenters. The molecule has 0 spiro atoms. The van der Waals surface area contributed by atoms with Crippen molar-refractivity contribution in [1.82, 2.24) is 4.98 Å². The molecule has 0 bridgehead atoms. The molecule has 2 aromatic carbocycles. The first-order valence-corrected chi connectivity index (χ1v) is 8.00. The molecule has 1 amide bonds. The molecule has 1 aromatic heterocycles. The molecule has 1 heterocycles. The van der Waals surface area contributed by atoms with Crippen LogP contribution in [-0.4, -0.2) is 24.0 Å². The first-order valence-electron chi connectivity index (χ1n) is 7.19. The Balaban J connectivity index is 1.74. The van der Waals surface area contributed by atoms with E-state index in [1.807, 2.05) is 30.3 Å². The van der Waals surface area contributed by atoms with E-state index in [2.05, 4.69) is 10.3 Å². The average molecular weight is 338 g/mol. The molecule has 0 saturated carbocycles. The van der Waals surface area contributed by atoms with Gasteiger partial charge in [0.15, 0.2) is 5.13 Å². The number of hydrogen-bond donors (Lipinski definition) is 1. The standard InChI is InChI=1S/C18H14N2O3S/c1-23-17(22)13-8-9-14-15(11-13)24-18(19-14)20-16(21)10-7-12-5-3-2-4-6-12/h2-11H,1H3,(H,19,20,21)/b10-7+. The number of fused-ring (bicyclic) bond motifs is 1. The van der Waals surface area contributed by atoms with Crippen molar-refractivity contribution in [3.63, 3.8) is 0 Å². The Bertz CT molecular complexity index is 916. The second kappa shape index (κ2) is 7.06. The van der Waals surface area contributed by atoms with Crippen molar-refractivity contribution in [2.24, 2.45) is 0 Å². The maximum atomic E-state index is 12.0. The highest BCUT2D eigenvalue weighted by molar-refractivity contribution is 7.22. The Kier molecular flexibility index (Phi) is 4.67. The monoisotopic (exact) mass is 338 g/mol. The fourth-order valence-electron chi connectivity index (χ4n) is 2.11. The fourth-order valence-corrected chi connectivity index (χ4v) is 3.01. The minimum Gasteiger partial charge on any atom is -0.465 e. The van der Waals surface area contributed by atoms with Crippen molar-refractivity contribution in [2.45, 2.75) is 0 Å². The molecular formula is C18H14N2O3S. The Labute approximate surface area is 142 Å². The highest BCUT2D eigenvalue weighted by Crippen LogP contribution is 2.27. The van der Waals surface area contributed by atoms with E-state index in [-0.39, 0.29) is 5.91 Å². The third-order valence-electron chi connectivity index (χ3n) is 3.27. The molecule has 0 atom stereocenters. The van der Waals surface area contributed by atoms with E-state index < -0.39 is 5.97 Å². The van der Waals surface area contributed by atoms with Gasteiger partial charge >= 0.3 is 5.97 Å². The van der Waals surface area contributed by atoms with E-state index in [1.54, 1.807) is 24.3 Å². The Morgan fingerprint density at radius 1 is 1.17 bits per heavy atom. The minimum absolute atomic E-state index is 0.258. The summed E-state index contributed by atoms with van der Waals surface area (Å²) in [5, 5.41) is 3.21. The first kappa shape index (κ1) is 15.9. The molecule has 120 valence electrons. The number of methoxy groups -OCH3 is 1. The number of aromatic nitrogens is 1. The number of amides is 1. The van der Waals surface area contributed by atoms with Gasteiger partial charge in [-0.2, -0.15) is 0 Å². The van der Waals surface area contributed by atoms with Gasteiger partial charge in [-0.05, 0) is 29.8 Å². The van der Waals surface area contributed by atoms with Crippen LogP contribution in [0.25, 0.3) is 16.3 Å². The number of nitrogens with one attached hydrogen (secondary N) is 1. The summed E-state index contributed by atoms with van der Waals surface area (Å²) in [4.78, 5) is 27.9. The lowest BCUT2D eigenvalue weighted by Crippen LogP contribution is -2.07. The number of carbonyl (C=O) groups excluding carboxylic acids is 2. The summed E-state index contributed by atoms with van der Waals surface area (Å²) >= 11 is 1.30. The predicted octanol–water partition coefficient (Wildman–Crippen LogP) is 3.73. The minimum atomic E-state index is -0.401. The van der Waals surface area contributed by atoms with Crippen LogP contribution in [0.3, 0.4) is 0 Å². The number of esters is 1. The van der Waals surface area contributed by atoms with Crippen LogP contribution >= 0.6 is 11.3 Å². The van der Waals surface area contributed by atoms with Crippen LogP contribution in [0.5, 0.6) is 0 Å². The SMILES string of the molecule is COC(=O)c1ccc2nc(NC(=O)/C=C/c3ccccc3)sc2c1. The van der Waals surface area contributed by atoms with Crippen molar-refractivity contribution in [1.29, 1.82) is 0 Å². The molecule has 0 aliphatic carbocycles. The lowest BCUT2D eigenvalue weighted by atomic mass is 10.2. The molecule has 24 heavy (non-hydrogen) atoms. The van der Waals surface area contributed by atoms with Crippen molar-refractivity contribution in [2.75, 3.05) is 12.4 Å². The molecule has 6 heteroatoms. The van der Waals surface area contributed by atoms with Gasteiger partial charge in [0.25, 0.3) is 0 Å². The summed E-state index contributed by atoms with van der Waals surface area (Å²) in [6, 6.07) is 14.6. The van der Waals surface area contributed by atoms with Gasteiger partial charge in [0.05, 0.1) is 22.9 Å². The summed E-state index contributed by atoms with van der Waals surface area (Å²) in [5.41, 5.74) is 2.12. The van der Waals surface area contributed by atoms with Crippen LogP contribution in [0.1, 0.15) is 15.9 Å². The summed E-state index contributed by atoms with van der Waals surface area (Å²) < 4.78 is 5.50. The van der Waals surface area contributed by atoms with Crippen LogP contribution in [0.4, 0.5) is 5.13 Å². The third-order valence-corrected chi connectivity index (χ3v) is 4.20. The van der Waals surface area contributed by atoms with Gasteiger partial charge in [0, 0.05) is 6.08 Å². The van der Waals surface area contributed by atoms with Gasteiger partial charge in [-0.1, -0.05) is 41.7 Å². The van der Waals surface area contributed by atoms with E-state index in [9.17, 15) is 9.59 Å². The van der Waals surface area contributed by atoms with Gasteiger partial charge in [-0.25, -0.2) is 9.78 Å². The molecule has 5 nitrogen and oxygen atoms in total. The van der Waals surface area contributed by atoms with E-state index in [0.717, 1.165) is 15.8 Å². The Morgan fingerprint density at radius 3 is 2.71 bits per heavy atom. The van der Waals surface area contributed by atoms with Gasteiger partial charge in [0.2, 0.25) is 5.91 Å². The van der Waals surface area contributed by atoms with Crippen molar-refractivity contribution < 1.29 is 14.3 Å². The number of thiazole rings is 1. The summed E-state index contributed by atoms with van der Waals surface area (Å²) in [7, 11) is 1.34. The largest absolute Gasteiger partial charge is 0.465 e.